The van der Waals surface area contributed by atoms with Crippen molar-refractivity contribution in [3.05, 3.63) is 64.7 Å². The van der Waals surface area contributed by atoms with Crippen molar-refractivity contribution in [3.63, 3.8) is 0 Å². The summed E-state index contributed by atoms with van der Waals surface area (Å²) in [6, 6.07) is 13.7. The lowest BCUT2D eigenvalue weighted by Crippen LogP contribution is -2.44. The zero-order valence-electron chi connectivity index (χ0n) is 16.7. The number of carbonyl (C=O) groups is 3. The van der Waals surface area contributed by atoms with Gasteiger partial charge in [0.2, 0.25) is 5.91 Å². The standard InChI is InChI=1S/C22H24ClN3O3/c1-4-22(16-7-9-17(23)10-8-16)20(28)26(21(29)25-22)13-19(27)24-18-11-5-15(6-12-18)14(2)3/h5-12,14H,4,13H2,1-3H3,(H,24,27)(H,25,29). The Labute approximate surface area is 175 Å². The summed E-state index contributed by atoms with van der Waals surface area (Å²) in [5, 5.41) is 6.03. The van der Waals surface area contributed by atoms with Gasteiger partial charge in [-0.2, -0.15) is 0 Å². The number of carbonyl (C=O) groups excluding carboxylic acids is 3. The zero-order chi connectivity index (χ0) is 21.2. The summed E-state index contributed by atoms with van der Waals surface area (Å²) in [5.41, 5.74) is 1.22. The number of imide groups is 1. The number of anilines is 1. The van der Waals surface area contributed by atoms with E-state index in [1.54, 1.807) is 24.3 Å². The first-order valence-electron chi connectivity index (χ1n) is 9.57. The summed E-state index contributed by atoms with van der Waals surface area (Å²) < 4.78 is 0. The smallest absolute Gasteiger partial charge is 0.325 e. The lowest BCUT2D eigenvalue weighted by atomic mass is 9.87. The Morgan fingerprint density at radius 1 is 1.10 bits per heavy atom. The molecule has 1 aliphatic rings. The summed E-state index contributed by atoms with van der Waals surface area (Å²) in [6.07, 6.45) is 0.355. The minimum atomic E-state index is -1.19. The third-order valence-corrected chi connectivity index (χ3v) is 5.46. The second-order valence-electron chi connectivity index (χ2n) is 7.41. The molecule has 0 aromatic heterocycles. The van der Waals surface area contributed by atoms with Crippen LogP contribution in [0.1, 0.15) is 44.2 Å². The molecule has 3 rings (SSSR count). The van der Waals surface area contributed by atoms with E-state index in [0.717, 1.165) is 10.5 Å². The molecular formula is C22H24ClN3O3. The van der Waals surface area contributed by atoms with Crippen LogP contribution in [0, 0.1) is 0 Å². The third kappa shape index (κ3) is 4.12. The van der Waals surface area contributed by atoms with Crippen molar-refractivity contribution >= 4 is 35.1 Å². The number of benzene rings is 2. The Bertz CT molecular complexity index is 925. The van der Waals surface area contributed by atoms with Gasteiger partial charge >= 0.3 is 6.03 Å². The number of halogens is 1. The number of urea groups is 1. The van der Waals surface area contributed by atoms with Gasteiger partial charge in [-0.1, -0.05) is 56.6 Å². The van der Waals surface area contributed by atoms with Crippen LogP contribution >= 0.6 is 11.6 Å². The largest absolute Gasteiger partial charge is 0.325 e. The fraction of sp³-hybridized carbons (Fsp3) is 0.318. The maximum atomic E-state index is 13.1. The van der Waals surface area contributed by atoms with E-state index in [-0.39, 0.29) is 6.54 Å². The van der Waals surface area contributed by atoms with Crippen LogP contribution in [0.4, 0.5) is 10.5 Å². The number of nitrogens with one attached hydrogen (secondary N) is 2. The van der Waals surface area contributed by atoms with Crippen molar-refractivity contribution in [2.45, 2.75) is 38.6 Å². The number of hydrogen-bond acceptors (Lipinski definition) is 3. The summed E-state index contributed by atoms with van der Waals surface area (Å²) >= 11 is 5.94. The van der Waals surface area contributed by atoms with Gasteiger partial charge in [-0.15, -0.1) is 0 Å². The van der Waals surface area contributed by atoms with Gasteiger partial charge in [0, 0.05) is 10.7 Å². The average molecular weight is 414 g/mol. The molecule has 2 aromatic carbocycles. The number of rotatable bonds is 6. The number of amides is 4. The van der Waals surface area contributed by atoms with Gasteiger partial charge in [0.25, 0.3) is 5.91 Å². The Morgan fingerprint density at radius 3 is 2.28 bits per heavy atom. The van der Waals surface area contributed by atoms with Gasteiger partial charge in [-0.05, 0) is 47.7 Å². The molecule has 6 nitrogen and oxygen atoms in total. The van der Waals surface area contributed by atoms with Crippen molar-refractivity contribution < 1.29 is 14.4 Å². The van der Waals surface area contributed by atoms with E-state index in [9.17, 15) is 14.4 Å². The van der Waals surface area contributed by atoms with E-state index >= 15 is 0 Å². The second kappa shape index (κ2) is 8.25. The molecule has 1 heterocycles. The Hall–Kier alpha value is -2.86. The molecule has 4 amide bonds. The SMILES string of the molecule is CCC1(c2ccc(Cl)cc2)NC(=O)N(CC(=O)Nc2ccc(C(C)C)cc2)C1=O. The van der Waals surface area contributed by atoms with E-state index in [0.29, 0.717) is 28.6 Å². The minimum Gasteiger partial charge on any atom is -0.325 e. The molecule has 2 aromatic rings. The van der Waals surface area contributed by atoms with Gasteiger partial charge in [0.1, 0.15) is 12.1 Å². The van der Waals surface area contributed by atoms with Gasteiger partial charge < -0.3 is 10.6 Å². The molecule has 29 heavy (non-hydrogen) atoms. The molecule has 0 saturated carbocycles. The van der Waals surface area contributed by atoms with Crippen LogP contribution in [0.2, 0.25) is 5.02 Å². The first-order chi connectivity index (χ1) is 13.8. The monoisotopic (exact) mass is 413 g/mol. The van der Waals surface area contributed by atoms with Gasteiger partial charge in [-0.3, -0.25) is 14.5 Å². The first-order valence-corrected chi connectivity index (χ1v) is 9.94. The molecule has 152 valence electrons. The van der Waals surface area contributed by atoms with Gasteiger partial charge in [0.05, 0.1) is 0 Å². The summed E-state index contributed by atoms with van der Waals surface area (Å²) in [4.78, 5) is 39.0. The molecule has 0 radical (unpaired) electrons. The predicted octanol–water partition coefficient (Wildman–Crippen LogP) is 4.26. The highest BCUT2D eigenvalue weighted by Crippen LogP contribution is 2.33. The minimum absolute atomic E-state index is 0.355. The highest BCUT2D eigenvalue weighted by molar-refractivity contribution is 6.30. The van der Waals surface area contributed by atoms with E-state index in [1.807, 2.05) is 31.2 Å². The molecular weight excluding hydrogens is 390 g/mol. The van der Waals surface area contributed by atoms with Gasteiger partial charge in [0.15, 0.2) is 0 Å². The van der Waals surface area contributed by atoms with Crippen LogP contribution in [0.25, 0.3) is 0 Å². The maximum Gasteiger partial charge on any atom is 0.325 e. The third-order valence-electron chi connectivity index (χ3n) is 5.21. The van der Waals surface area contributed by atoms with Crippen LogP contribution in [0.3, 0.4) is 0 Å². The topological polar surface area (TPSA) is 78.5 Å². The van der Waals surface area contributed by atoms with Gasteiger partial charge in [-0.25, -0.2) is 4.79 Å². The Kier molecular flexibility index (Phi) is 5.94. The van der Waals surface area contributed by atoms with E-state index in [2.05, 4.69) is 24.5 Å². The molecule has 0 spiro atoms. The molecule has 1 saturated heterocycles. The Balaban J connectivity index is 1.73. The first kappa shape index (κ1) is 20.9. The number of hydrogen-bond donors (Lipinski definition) is 2. The predicted molar refractivity (Wildman–Crippen MR) is 113 cm³/mol. The van der Waals surface area contributed by atoms with Crippen LogP contribution in [-0.2, 0) is 15.1 Å². The summed E-state index contributed by atoms with van der Waals surface area (Å²) in [5.74, 6) is -0.493. The zero-order valence-corrected chi connectivity index (χ0v) is 17.4. The van der Waals surface area contributed by atoms with Crippen LogP contribution in [0.5, 0.6) is 0 Å². The van der Waals surface area contributed by atoms with E-state index in [1.165, 1.54) is 0 Å². The van der Waals surface area contributed by atoms with E-state index in [4.69, 9.17) is 11.6 Å². The molecule has 2 N–H and O–H groups in total. The summed E-state index contributed by atoms with van der Waals surface area (Å²) in [6.45, 7) is 5.64. The van der Waals surface area contributed by atoms with Crippen LogP contribution < -0.4 is 10.6 Å². The quantitative estimate of drug-likeness (QED) is 0.694. The normalized spacial score (nSPS) is 18.9. The average Bonchev–Trinajstić information content (AvgIpc) is 2.94. The van der Waals surface area contributed by atoms with E-state index < -0.39 is 23.4 Å². The van der Waals surface area contributed by atoms with Crippen molar-refractivity contribution in [1.29, 1.82) is 0 Å². The van der Waals surface area contributed by atoms with Crippen LogP contribution in [-0.4, -0.2) is 29.3 Å². The highest BCUT2D eigenvalue weighted by atomic mass is 35.5. The molecule has 1 atom stereocenters. The lowest BCUT2D eigenvalue weighted by Gasteiger charge is -2.25. The maximum absolute atomic E-state index is 13.1. The number of nitrogens with zero attached hydrogens (tertiary/aromatic N) is 1. The highest BCUT2D eigenvalue weighted by Gasteiger charge is 2.51. The fourth-order valence-corrected chi connectivity index (χ4v) is 3.56. The van der Waals surface area contributed by atoms with Crippen molar-refractivity contribution in [2.24, 2.45) is 0 Å². The molecule has 1 fully saturated rings. The second-order valence-corrected chi connectivity index (χ2v) is 7.85. The fourth-order valence-electron chi connectivity index (χ4n) is 3.44. The Morgan fingerprint density at radius 2 is 1.72 bits per heavy atom. The molecule has 0 aliphatic carbocycles. The van der Waals surface area contributed by atoms with Crippen molar-refractivity contribution in [2.75, 3.05) is 11.9 Å². The van der Waals surface area contributed by atoms with Crippen molar-refractivity contribution in [1.82, 2.24) is 10.2 Å². The molecule has 1 unspecified atom stereocenters. The van der Waals surface area contributed by atoms with Crippen LogP contribution in [0.15, 0.2) is 48.5 Å². The molecule has 0 bridgehead atoms. The molecule has 7 heteroatoms. The summed E-state index contributed by atoms with van der Waals surface area (Å²) in [7, 11) is 0. The van der Waals surface area contributed by atoms with Crippen molar-refractivity contribution in [3.8, 4) is 0 Å². The molecule has 1 aliphatic heterocycles. The lowest BCUT2D eigenvalue weighted by molar-refractivity contribution is -0.134.